The SMILES string of the molecule is CCC(C)(CC)C(=O)/C=C(\O)C(C)(CC)CC.Cc1[c-]c(-c2nccc3c2ccc2cc(-c4ccc(F)c(F)c4)ccc23)cc(C)c1.[Ir]. The van der Waals surface area contributed by atoms with Gasteiger partial charge in [-0.25, -0.2) is 8.78 Å². The van der Waals surface area contributed by atoms with Crippen molar-refractivity contribution in [2.75, 3.05) is 0 Å². The molecule has 3 nitrogen and oxygen atoms in total. The quantitative estimate of drug-likeness (QED) is 0.0697. The van der Waals surface area contributed by atoms with Crippen LogP contribution in [0.5, 0.6) is 0 Å². The zero-order valence-electron chi connectivity index (χ0n) is 29.2. The molecule has 0 bridgehead atoms. The van der Waals surface area contributed by atoms with Crippen molar-refractivity contribution in [3.63, 3.8) is 0 Å². The second-order valence-electron chi connectivity index (χ2n) is 13.1. The maximum atomic E-state index is 13.7. The zero-order chi connectivity index (χ0) is 34.5. The van der Waals surface area contributed by atoms with Crippen LogP contribution in [0.3, 0.4) is 0 Å². The summed E-state index contributed by atoms with van der Waals surface area (Å²) >= 11 is 0. The first-order valence-corrected chi connectivity index (χ1v) is 16.5. The van der Waals surface area contributed by atoms with Crippen molar-refractivity contribution in [2.45, 2.75) is 81.1 Å². The largest absolute Gasteiger partial charge is 0.512 e. The summed E-state index contributed by atoms with van der Waals surface area (Å²) in [5, 5.41) is 14.4. The van der Waals surface area contributed by atoms with E-state index in [-0.39, 0.29) is 42.5 Å². The Bertz CT molecular complexity index is 1920. The molecule has 1 aromatic heterocycles. The minimum atomic E-state index is -0.841. The first kappa shape index (κ1) is 38.7. The molecule has 1 N–H and O–H groups in total. The molecule has 1 heterocycles. The Morgan fingerprint density at radius 1 is 0.771 bits per heavy atom. The van der Waals surface area contributed by atoms with Gasteiger partial charge in [-0.05, 0) is 88.3 Å². The number of aryl methyl sites for hydroxylation is 2. The van der Waals surface area contributed by atoms with Crippen LogP contribution in [0.4, 0.5) is 8.78 Å². The molecule has 4 aromatic carbocycles. The fourth-order valence-electron chi connectivity index (χ4n) is 5.77. The Balaban J connectivity index is 0.000000301. The predicted molar refractivity (Wildman–Crippen MR) is 191 cm³/mol. The van der Waals surface area contributed by atoms with Crippen molar-refractivity contribution < 1.29 is 38.8 Å². The Morgan fingerprint density at radius 3 is 1.98 bits per heavy atom. The molecule has 0 aliphatic rings. The number of nitrogens with zero attached hydrogens (tertiary/aromatic N) is 1. The zero-order valence-corrected chi connectivity index (χ0v) is 31.6. The number of pyridine rings is 1. The number of aliphatic hydroxyl groups excluding tert-OH is 1. The van der Waals surface area contributed by atoms with E-state index in [1.165, 1.54) is 17.7 Å². The van der Waals surface area contributed by atoms with Crippen LogP contribution in [0.25, 0.3) is 43.9 Å². The molecule has 1 radical (unpaired) electrons. The Kier molecular flexibility index (Phi) is 13.0. The Labute approximate surface area is 297 Å². The van der Waals surface area contributed by atoms with Crippen LogP contribution in [0.2, 0.25) is 0 Å². The third-order valence-corrected chi connectivity index (χ3v) is 10.0. The van der Waals surface area contributed by atoms with Crippen LogP contribution >= 0.6 is 0 Å². The molecule has 5 rings (SSSR count). The van der Waals surface area contributed by atoms with Gasteiger partial charge >= 0.3 is 0 Å². The van der Waals surface area contributed by atoms with Crippen LogP contribution in [-0.2, 0) is 24.9 Å². The van der Waals surface area contributed by atoms with Crippen LogP contribution in [0, 0.1) is 42.4 Å². The number of benzene rings is 4. The maximum Gasteiger partial charge on any atom is 0.164 e. The minimum absolute atomic E-state index is 0. The number of aliphatic hydroxyl groups is 1. The topological polar surface area (TPSA) is 50.2 Å². The van der Waals surface area contributed by atoms with Crippen molar-refractivity contribution in [1.82, 2.24) is 4.98 Å². The van der Waals surface area contributed by atoms with Crippen molar-refractivity contribution in [1.29, 1.82) is 0 Å². The smallest absolute Gasteiger partial charge is 0.164 e. The average Bonchev–Trinajstić information content (AvgIpc) is 3.07. The molecule has 255 valence electrons. The number of fused-ring (bicyclic) bond motifs is 3. The van der Waals surface area contributed by atoms with E-state index >= 15 is 0 Å². The van der Waals surface area contributed by atoms with Gasteiger partial charge in [0.1, 0.15) is 5.76 Å². The molecule has 0 aliphatic heterocycles. The standard InChI is InChI=1S/C27H18F2N.C15H28O2.Ir/c1-16-11-17(2)13-21(12-16)27-24-7-4-20-14-18(19-5-8-25(28)26(29)15-19)3-6-22(20)23(24)9-10-30-27;1-7-14(5,8-2)12(16)11-13(17)15(6,9-3)10-4;/h3-12,14-15H,1-2H3;11,16H,7-10H2,1-6H3;/q-1;;/b;12-11-;. The first-order valence-electron chi connectivity index (χ1n) is 16.5. The molecule has 0 aliphatic carbocycles. The van der Waals surface area contributed by atoms with E-state index in [1.54, 1.807) is 6.07 Å². The number of carbonyl (C=O) groups excluding carboxylic acids is 1. The fourth-order valence-corrected chi connectivity index (χ4v) is 5.77. The fraction of sp³-hybridized carbons (Fsp3) is 0.333. The summed E-state index contributed by atoms with van der Waals surface area (Å²) in [4.78, 5) is 16.8. The van der Waals surface area contributed by atoms with Gasteiger partial charge in [0.2, 0.25) is 0 Å². The van der Waals surface area contributed by atoms with Crippen molar-refractivity contribution in [3.05, 3.63) is 114 Å². The van der Waals surface area contributed by atoms with Gasteiger partial charge in [-0.15, -0.1) is 34.9 Å². The van der Waals surface area contributed by atoms with Crippen LogP contribution < -0.4 is 0 Å². The second-order valence-corrected chi connectivity index (χ2v) is 13.1. The predicted octanol–water partition coefficient (Wildman–Crippen LogP) is 12.1. The van der Waals surface area contributed by atoms with E-state index in [0.29, 0.717) is 5.56 Å². The van der Waals surface area contributed by atoms with Crippen LogP contribution in [-0.4, -0.2) is 15.9 Å². The average molecular weight is 827 g/mol. The summed E-state index contributed by atoms with van der Waals surface area (Å²) < 4.78 is 27.0. The van der Waals surface area contributed by atoms with E-state index in [1.807, 2.05) is 78.9 Å². The number of aromatic nitrogens is 1. The van der Waals surface area contributed by atoms with E-state index in [9.17, 15) is 18.7 Å². The number of ketones is 1. The number of allylic oxidation sites excluding steroid dienone is 2. The van der Waals surface area contributed by atoms with E-state index in [0.717, 1.165) is 75.7 Å². The van der Waals surface area contributed by atoms with Gasteiger partial charge in [-0.1, -0.05) is 85.7 Å². The van der Waals surface area contributed by atoms with Gasteiger partial charge < -0.3 is 10.1 Å². The molecule has 0 fully saturated rings. The first-order chi connectivity index (χ1) is 22.3. The van der Waals surface area contributed by atoms with Gasteiger partial charge in [0.25, 0.3) is 0 Å². The minimum Gasteiger partial charge on any atom is -0.512 e. The molecule has 0 saturated carbocycles. The van der Waals surface area contributed by atoms with Crippen molar-refractivity contribution in [2.24, 2.45) is 10.8 Å². The number of hydrogen-bond acceptors (Lipinski definition) is 3. The number of rotatable bonds is 9. The van der Waals surface area contributed by atoms with Gasteiger partial charge in [-0.2, -0.15) is 0 Å². The van der Waals surface area contributed by atoms with Crippen LogP contribution in [0.1, 0.15) is 78.4 Å². The molecule has 0 spiro atoms. The third kappa shape index (κ3) is 8.28. The van der Waals surface area contributed by atoms with Gasteiger partial charge in [0.05, 0.1) is 0 Å². The van der Waals surface area contributed by atoms with Crippen LogP contribution in [0.15, 0.2) is 84.8 Å². The van der Waals surface area contributed by atoms with Crippen molar-refractivity contribution >= 4 is 27.3 Å². The molecular formula is C42H46F2IrNO2-. The van der Waals surface area contributed by atoms with Gasteiger partial charge in [-0.3, -0.25) is 4.79 Å². The normalized spacial score (nSPS) is 12.0. The summed E-state index contributed by atoms with van der Waals surface area (Å²) in [6, 6.07) is 23.7. The number of hydrogen-bond donors (Lipinski definition) is 1. The molecule has 0 atom stereocenters. The van der Waals surface area contributed by atoms with E-state index < -0.39 is 11.6 Å². The second kappa shape index (κ2) is 16.1. The van der Waals surface area contributed by atoms with Gasteiger partial charge in [0.15, 0.2) is 17.4 Å². The summed E-state index contributed by atoms with van der Waals surface area (Å²) in [5.74, 6) is -1.39. The molecular weight excluding hydrogens is 781 g/mol. The maximum absolute atomic E-state index is 13.7. The van der Waals surface area contributed by atoms with Gasteiger partial charge in [0, 0.05) is 43.2 Å². The Hall–Kier alpha value is -3.73. The molecule has 0 unspecified atom stereocenters. The molecule has 5 aromatic rings. The molecule has 0 saturated heterocycles. The van der Waals surface area contributed by atoms with E-state index in [2.05, 4.69) is 42.2 Å². The summed E-state index contributed by atoms with van der Waals surface area (Å²) in [7, 11) is 0. The Morgan fingerprint density at radius 2 is 1.38 bits per heavy atom. The molecule has 48 heavy (non-hydrogen) atoms. The van der Waals surface area contributed by atoms with E-state index in [4.69, 9.17) is 0 Å². The summed E-state index contributed by atoms with van der Waals surface area (Å²) in [6.07, 6.45) is 6.58. The molecule has 6 heteroatoms. The third-order valence-electron chi connectivity index (χ3n) is 10.0. The molecule has 0 amide bonds. The van der Waals surface area contributed by atoms with Crippen molar-refractivity contribution in [3.8, 4) is 22.4 Å². The summed E-state index contributed by atoms with van der Waals surface area (Å²) in [5.41, 5.74) is 5.04. The number of carbonyl (C=O) groups is 1. The summed E-state index contributed by atoms with van der Waals surface area (Å²) in [6.45, 7) is 16.2. The monoisotopic (exact) mass is 827 g/mol. The number of halogens is 2.